The van der Waals surface area contributed by atoms with Gasteiger partial charge in [0.2, 0.25) is 0 Å². The predicted molar refractivity (Wildman–Crippen MR) is 73.1 cm³/mol. The summed E-state index contributed by atoms with van der Waals surface area (Å²) in [5.74, 6) is 0.863. The Labute approximate surface area is 107 Å². The van der Waals surface area contributed by atoms with Gasteiger partial charge >= 0.3 is 0 Å². The van der Waals surface area contributed by atoms with Crippen LogP contribution < -0.4 is 5.73 Å². The molecule has 2 heterocycles. The molecule has 1 aromatic heterocycles. The highest BCUT2D eigenvalue weighted by atomic mass is 32.1. The van der Waals surface area contributed by atoms with Crippen LogP contribution in [0.1, 0.15) is 18.5 Å². The zero-order chi connectivity index (χ0) is 12.3. The van der Waals surface area contributed by atoms with Crippen LogP contribution in [0.2, 0.25) is 0 Å². The second-order valence-electron chi connectivity index (χ2n) is 5.16. The van der Waals surface area contributed by atoms with Crippen LogP contribution in [0.3, 0.4) is 0 Å². The van der Waals surface area contributed by atoms with Gasteiger partial charge in [0.05, 0.1) is 5.69 Å². The molecule has 0 bridgehead atoms. The van der Waals surface area contributed by atoms with Crippen molar-refractivity contribution in [3.8, 4) is 0 Å². The third kappa shape index (κ3) is 3.94. The largest absolute Gasteiger partial charge is 0.375 e. The van der Waals surface area contributed by atoms with Gasteiger partial charge in [-0.25, -0.2) is 4.98 Å². The van der Waals surface area contributed by atoms with Crippen molar-refractivity contribution in [1.29, 1.82) is 0 Å². The molecule has 1 aliphatic heterocycles. The fourth-order valence-electron chi connectivity index (χ4n) is 2.47. The Morgan fingerprint density at radius 1 is 1.47 bits per heavy atom. The molecule has 1 fully saturated rings. The third-order valence-electron chi connectivity index (χ3n) is 3.29. The van der Waals surface area contributed by atoms with Gasteiger partial charge in [-0.2, -0.15) is 0 Å². The van der Waals surface area contributed by atoms with E-state index in [-0.39, 0.29) is 0 Å². The van der Waals surface area contributed by atoms with Crippen LogP contribution in [-0.4, -0.2) is 48.5 Å². The smallest absolute Gasteiger partial charge is 0.180 e. The lowest BCUT2D eigenvalue weighted by molar-refractivity contribution is 0.156. The SMILES string of the molecule is CN(C)CC1CCN(Cc2csc(N)n2)CC1. The molecule has 0 amide bonds. The van der Waals surface area contributed by atoms with Crippen molar-refractivity contribution in [3.05, 3.63) is 11.1 Å². The van der Waals surface area contributed by atoms with Crippen LogP contribution in [0.4, 0.5) is 5.13 Å². The number of hydrogen-bond acceptors (Lipinski definition) is 5. The van der Waals surface area contributed by atoms with Gasteiger partial charge in [0.1, 0.15) is 0 Å². The molecule has 1 aliphatic rings. The highest BCUT2D eigenvalue weighted by molar-refractivity contribution is 7.13. The van der Waals surface area contributed by atoms with Gasteiger partial charge in [0.15, 0.2) is 5.13 Å². The highest BCUT2D eigenvalue weighted by Gasteiger charge is 2.20. The monoisotopic (exact) mass is 254 g/mol. The summed E-state index contributed by atoms with van der Waals surface area (Å²) in [5.41, 5.74) is 6.77. The number of rotatable bonds is 4. The molecule has 0 saturated carbocycles. The lowest BCUT2D eigenvalue weighted by atomic mass is 9.96. The number of anilines is 1. The van der Waals surface area contributed by atoms with E-state index in [2.05, 4.69) is 34.3 Å². The molecule has 1 aromatic rings. The van der Waals surface area contributed by atoms with E-state index >= 15 is 0 Å². The summed E-state index contributed by atoms with van der Waals surface area (Å²) in [7, 11) is 4.31. The topological polar surface area (TPSA) is 45.4 Å². The third-order valence-corrected chi connectivity index (χ3v) is 4.01. The number of aromatic nitrogens is 1. The average Bonchev–Trinajstić information content (AvgIpc) is 2.66. The number of nitrogens with two attached hydrogens (primary N) is 1. The summed E-state index contributed by atoms with van der Waals surface area (Å²) in [4.78, 5) is 9.10. The second kappa shape index (κ2) is 5.80. The molecule has 0 radical (unpaired) electrons. The summed E-state index contributed by atoms with van der Waals surface area (Å²) in [6.07, 6.45) is 2.61. The van der Waals surface area contributed by atoms with Gasteiger partial charge < -0.3 is 10.6 Å². The number of nitrogen functional groups attached to an aromatic ring is 1. The highest BCUT2D eigenvalue weighted by Crippen LogP contribution is 2.20. The second-order valence-corrected chi connectivity index (χ2v) is 6.05. The minimum Gasteiger partial charge on any atom is -0.375 e. The van der Waals surface area contributed by atoms with E-state index in [4.69, 9.17) is 5.73 Å². The molecular formula is C12H22N4S. The first-order valence-corrected chi connectivity index (χ1v) is 7.08. The molecule has 0 spiro atoms. The molecule has 2 N–H and O–H groups in total. The Kier molecular flexibility index (Phi) is 4.36. The molecule has 1 saturated heterocycles. The summed E-state index contributed by atoms with van der Waals surface area (Å²) < 4.78 is 0. The van der Waals surface area contributed by atoms with E-state index in [1.54, 1.807) is 0 Å². The Balaban J connectivity index is 1.75. The maximum Gasteiger partial charge on any atom is 0.180 e. The molecule has 5 heteroatoms. The van der Waals surface area contributed by atoms with Crippen molar-refractivity contribution < 1.29 is 0 Å². The molecule has 17 heavy (non-hydrogen) atoms. The van der Waals surface area contributed by atoms with Crippen LogP contribution in [-0.2, 0) is 6.54 Å². The molecule has 0 unspecified atom stereocenters. The number of thiazole rings is 1. The van der Waals surface area contributed by atoms with Gasteiger partial charge in [0, 0.05) is 18.5 Å². The van der Waals surface area contributed by atoms with Crippen molar-refractivity contribution in [2.24, 2.45) is 5.92 Å². The Morgan fingerprint density at radius 2 is 2.18 bits per heavy atom. The number of hydrogen-bond donors (Lipinski definition) is 1. The number of likely N-dealkylation sites (tertiary alicyclic amines) is 1. The quantitative estimate of drug-likeness (QED) is 0.884. The molecule has 0 aliphatic carbocycles. The normalized spacial score (nSPS) is 19.0. The zero-order valence-electron chi connectivity index (χ0n) is 10.7. The molecular weight excluding hydrogens is 232 g/mol. The van der Waals surface area contributed by atoms with Gasteiger partial charge in [-0.1, -0.05) is 0 Å². The minimum absolute atomic E-state index is 0.683. The first kappa shape index (κ1) is 12.8. The molecule has 4 nitrogen and oxygen atoms in total. The maximum absolute atomic E-state index is 5.64. The van der Waals surface area contributed by atoms with Crippen LogP contribution in [0.15, 0.2) is 5.38 Å². The summed E-state index contributed by atoms with van der Waals surface area (Å²) in [6, 6.07) is 0. The van der Waals surface area contributed by atoms with Crippen molar-refractivity contribution >= 4 is 16.5 Å². The number of piperidine rings is 1. The van der Waals surface area contributed by atoms with Crippen molar-refractivity contribution in [1.82, 2.24) is 14.8 Å². The van der Waals surface area contributed by atoms with Crippen LogP contribution in [0, 0.1) is 5.92 Å². The van der Waals surface area contributed by atoms with Crippen LogP contribution in [0.25, 0.3) is 0 Å². The summed E-state index contributed by atoms with van der Waals surface area (Å²) in [6.45, 7) is 4.56. The predicted octanol–water partition coefficient (Wildman–Crippen LogP) is 1.50. The van der Waals surface area contributed by atoms with E-state index in [0.29, 0.717) is 5.13 Å². The van der Waals surface area contributed by atoms with Crippen molar-refractivity contribution in [3.63, 3.8) is 0 Å². The van der Waals surface area contributed by atoms with E-state index < -0.39 is 0 Å². The molecule has 0 aromatic carbocycles. The minimum atomic E-state index is 0.683. The number of nitrogens with zero attached hydrogens (tertiary/aromatic N) is 3. The molecule has 96 valence electrons. The van der Waals surface area contributed by atoms with Gasteiger partial charge in [-0.3, -0.25) is 4.90 Å². The average molecular weight is 254 g/mol. The summed E-state index contributed by atoms with van der Waals surface area (Å²) >= 11 is 1.54. The molecule has 2 rings (SSSR count). The molecule has 0 atom stereocenters. The van der Waals surface area contributed by atoms with Crippen LogP contribution in [0.5, 0.6) is 0 Å². The Bertz CT molecular complexity index is 342. The van der Waals surface area contributed by atoms with Gasteiger partial charge in [-0.05, 0) is 45.9 Å². The van der Waals surface area contributed by atoms with Gasteiger partial charge in [-0.15, -0.1) is 11.3 Å². The van der Waals surface area contributed by atoms with E-state index in [0.717, 1.165) is 18.2 Å². The lowest BCUT2D eigenvalue weighted by Gasteiger charge is -2.32. The lowest BCUT2D eigenvalue weighted by Crippen LogP contribution is -2.36. The van der Waals surface area contributed by atoms with E-state index in [1.807, 2.05) is 0 Å². The standard InChI is InChI=1S/C12H22N4S/c1-15(2)7-10-3-5-16(6-4-10)8-11-9-17-12(13)14-11/h9-10H,3-8H2,1-2H3,(H2,13,14). The fraction of sp³-hybridized carbons (Fsp3) is 0.750. The zero-order valence-corrected chi connectivity index (χ0v) is 11.5. The van der Waals surface area contributed by atoms with Crippen molar-refractivity contribution in [2.45, 2.75) is 19.4 Å². The first-order chi connectivity index (χ1) is 8.13. The van der Waals surface area contributed by atoms with Gasteiger partial charge in [0.25, 0.3) is 0 Å². The fourth-order valence-corrected chi connectivity index (χ4v) is 3.02. The first-order valence-electron chi connectivity index (χ1n) is 6.20. The summed E-state index contributed by atoms with van der Waals surface area (Å²) in [5, 5.41) is 2.75. The van der Waals surface area contributed by atoms with Crippen molar-refractivity contribution in [2.75, 3.05) is 39.5 Å². The Hall–Kier alpha value is -0.650. The van der Waals surface area contributed by atoms with Crippen LogP contribution >= 0.6 is 11.3 Å². The van der Waals surface area contributed by atoms with E-state index in [9.17, 15) is 0 Å². The Morgan fingerprint density at radius 3 is 2.71 bits per heavy atom. The van der Waals surface area contributed by atoms with E-state index in [1.165, 1.54) is 43.8 Å². The maximum atomic E-state index is 5.64.